The lowest BCUT2D eigenvalue weighted by Gasteiger charge is -2.29. The minimum absolute atomic E-state index is 0.130. The topological polar surface area (TPSA) is 79.0 Å². The van der Waals surface area contributed by atoms with Gasteiger partial charge in [0.15, 0.2) is 6.61 Å². The van der Waals surface area contributed by atoms with E-state index in [1.165, 1.54) is 4.90 Å². The largest absolute Gasteiger partial charge is 0.483 e. The van der Waals surface area contributed by atoms with Crippen molar-refractivity contribution in [2.24, 2.45) is 0 Å². The molecule has 8 heteroatoms. The quantitative estimate of drug-likeness (QED) is 0.791. The Morgan fingerprint density at radius 3 is 2.73 bits per heavy atom. The van der Waals surface area contributed by atoms with Crippen molar-refractivity contribution < 1.29 is 19.1 Å². The maximum atomic E-state index is 13.0. The van der Waals surface area contributed by atoms with Gasteiger partial charge in [-0.05, 0) is 49.7 Å². The second-order valence-electron chi connectivity index (χ2n) is 7.33. The molecule has 0 bridgehead atoms. The number of nitrogens with one attached hydrogen (secondary N) is 1. The summed E-state index contributed by atoms with van der Waals surface area (Å²) in [5.41, 5.74) is 2.02. The zero-order chi connectivity index (χ0) is 21.8. The van der Waals surface area contributed by atoms with Gasteiger partial charge in [-0.2, -0.15) is 0 Å². The zero-order valence-electron chi connectivity index (χ0n) is 17.1. The van der Waals surface area contributed by atoms with Crippen molar-refractivity contribution in [3.8, 4) is 5.75 Å². The second-order valence-corrected chi connectivity index (χ2v) is 7.77. The van der Waals surface area contributed by atoms with Crippen LogP contribution in [-0.4, -0.2) is 48.9 Å². The van der Waals surface area contributed by atoms with E-state index in [4.69, 9.17) is 16.3 Å². The number of halogens is 1. The van der Waals surface area contributed by atoms with Crippen LogP contribution < -0.4 is 15.0 Å². The lowest BCUT2D eigenvalue weighted by molar-refractivity contribution is -0.135. The van der Waals surface area contributed by atoms with Crippen molar-refractivity contribution in [1.29, 1.82) is 0 Å². The van der Waals surface area contributed by atoms with E-state index in [-0.39, 0.29) is 43.3 Å². The lowest BCUT2D eigenvalue weighted by atomic mass is 10.1. The van der Waals surface area contributed by atoms with Crippen LogP contribution in [0.5, 0.6) is 5.75 Å². The standard InChI is InChI=1S/C22H24ClN3O4/c1-14-10-16(23)8-9-19(14)30-13-22(29)25(3)12-21(28)26-15(2)11-20(27)24-17-6-4-5-7-18(17)26/h4-10,15H,11-13H2,1-3H3,(H,24,27). The van der Waals surface area contributed by atoms with E-state index in [1.807, 2.05) is 13.8 Å². The number of aryl methyl sites for hydroxylation is 1. The zero-order valence-corrected chi connectivity index (χ0v) is 17.9. The number of ether oxygens (including phenoxy) is 1. The van der Waals surface area contributed by atoms with Gasteiger partial charge in [-0.15, -0.1) is 0 Å². The summed E-state index contributed by atoms with van der Waals surface area (Å²) in [6, 6.07) is 11.9. The molecular weight excluding hydrogens is 406 g/mol. The number of hydrogen-bond acceptors (Lipinski definition) is 4. The molecule has 0 aliphatic carbocycles. The molecule has 0 fully saturated rings. The number of fused-ring (bicyclic) bond motifs is 1. The number of amides is 3. The van der Waals surface area contributed by atoms with Crippen LogP contribution in [0.15, 0.2) is 42.5 Å². The molecule has 0 aromatic heterocycles. The molecule has 1 heterocycles. The fourth-order valence-electron chi connectivity index (χ4n) is 3.36. The van der Waals surface area contributed by atoms with Crippen LogP contribution in [0, 0.1) is 6.92 Å². The molecule has 30 heavy (non-hydrogen) atoms. The highest BCUT2D eigenvalue weighted by Crippen LogP contribution is 2.31. The summed E-state index contributed by atoms with van der Waals surface area (Å²) in [4.78, 5) is 40.5. The minimum Gasteiger partial charge on any atom is -0.483 e. The Morgan fingerprint density at radius 1 is 1.27 bits per heavy atom. The van der Waals surface area contributed by atoms with E-state index in [2.05, 4.69) is 5.32 Å². The summed E-state index contributed by atoms with van der Waals surface area (Å²) in [7, 11) is 1.55. The third-order valence-electron chi connectivity index (χ3n) is 4.91. The summed E-state index contributed by atoms with van der Waals surface area (Å²) < 4.78 is 5.58. The number of benzene rings is 2. The summed E-state index contributed by atoms with van der Waals surface area (Å²) in [6.45, 7) is 3.33. The van der Waals surface area contributed by atoms with Gasteiger partial charge in [0.2, 0.25) is 11.8 Å². The molecule has 2 aromatic carbocycles. The first-order valence-electron chi connectivity index (χ1n) is 9.60. The molecule has 2 aromatic rings. The van der Waals surface area contributed by atoms with Gasteiger partial charge in [0, 0.05) is 24.5 Å². The molecule has 0 radical (unpaired) electrons. The summed E-state index contributed by atoms with van der Waals surface area (Å²) in [6.07, 6.45) is 0.178. The average Bonchev–Trinajstić information content (AvgIpc) is 2.81. The molecule has 1 aliphatic heterocycles. The maximum absolute atomic E-state index is 13.0. The first-order chi connectivity index (χ1) is 14.3. The highest BCUT2D eigenvalue weighted by atomic mass is 35.5. The number of nitrogens with zero attached hydrogens (tertiary/aromatic N) is 2. The Labute approximate surface area is 180 Å². The van der Waals surface area contributed by atoms with E-state index in [0.29, 0.717) is 22.1 Å². The molecule has 0 spiro atoms. The third-order valence-corrected chi connectivity index (χ3v) is 5.15. The van der Waals surface area contributed by atoms with Crippen molar-refractivity contribution in [1.82, 2.24) is 4.90 Å². The van der Waals surface area contributed by atoms with E-state index in [0.717, 1.165) is 5.56 Å². The van der Waals surface area contributed by atoms with E-state index < -0.39 is 0 Å². The van der Waals surface area contributed by atoms with Crippen LogP contribution in [0.1, 0.15) is 18.9 Å². The van der Waals surface area contributed by atoms with Crippen LogP contribution in [0.25, 0.3) is 0 Å². The SMILES string of the molecule is Cc1cc(Cl)ccc1OCC(=O)N(C)CC(=O)N1c2ccccc2NC(=O)CC1C. The third kappa shape index (κ3) is 4.91. The Hall–Kier alpha value is -3.06. The van der Waals surface area contributed by atoms with Crippen LogP contribution in [0.2, 0.25) is 5.02 Å². The van der Waals surface area contributed by atoms with Crippen molar-refractivity contribution in [3.63, 3.8) is 0 Å². The lowest BCUT2D eigenvalue weighted by Crippen LogP contribution is -2.46. The normalized spacial score (nSPS) is 15.7. The maximum Gasteiger partial charge on any atom is 0.260 e. The monoisotopic (exact) mass is 429 g/mol. The molecule has 158 valence electrons. The van der Waals surface area contributed by atoms with E-state index in [1.54, 1.807) is 54.4 Å². The Bertz CT molecular complexity index is 979. The van der Waals surface area contributed by atoms with Crippen molar-refractivity contribution in [2.75, 3.05) is 30.4 Å². The van der Waals surface area contributed by atoms with Crippen molar-refractivity contribution in [3.05, 3.63) is 53.1 Å². The van der Waals surface area contributed by atoms with Gasteiger partial charge in [0.1, 0.15) is 5.75 Å². The van der Waals surface area contributed by atoms with Gasteiger partial charge in [-0.3, -0.25) is 14.4 Å². The van der Waals surface area contributed by atoms with Gasteiger partial charge in [0.05, 0.1) is 17.9 Å². The van der Waals surface area contributed by atoms with Crippen molar-refractivity contribution in [2.45, 2.75) is 26.3 Å². The fraction of sp³-hybridized carbons (Fsp3) is 0.318. The summed E-state index contributed by atoms with van der Waals surface area (Å²) >= 11 is 5.93. The number of hydrogen-bond donors (Lipinski definition) is 1. The van der Waals surface area contributed by atoms with Crippen LogP contribution >= 0.6 is 11.6 Å². The van der Waals surface area contributed by atoms with Gasteiger partial charge in [-0.1, -0.05) is 23.7 Å². The molecule has 1 N–H and O–H groups in total. The Kier molecular flexibility index (Phi) is 6.62. The predicted molar refractivity (Wildman–Crippen MR) is 116 cm³/mol. The molecule has 1 unspecified atom stereocenters. The smallest absolute Gasteiger partial charge is 0.260 e. The summed E-state index contributed by atoms with van der Waals surface area (Å²) in [5.74, 6) is -0.193. The molecule has 3 rings (SSSR count). The molecular formula is C22H24ClN3O4. The number of para-hydroxylation sites is 2. The average molecular weight is 430 g/mol. The Balaban J connectivity index is 1.67. The molecule has 1 atom stereocenters. The molecule has 0 saturated carbocycles. The fourth-order valence-corrected chi connectivity index (χ4v) is 3.59. The number of anilines is 2. The van der Waals surface area contributed by atoms with Gasteiger partial charge < -0.3 is 19.9 Å². The predicted octanol–water partition coefficient (Wildman–Crippen LogP) is 3.25. The highest BCUT2D eigenvalue weighted by Gasteiger charge is 2.30. The van der Waals surface area contributed by atoms with Crippen LogP contribution in [-0.2, 0) is 14.4 Å². The molecule has 7 nitrogen and oxygen atoms in total. The van der Waals surface area contributed by atoms with E-state index >= 15 is 0 Å². The highest BCUT2D eigenvalue weighted by molar-refractivity contribution is 6.30. The first-order valence-corrected chi connectivity index (χ1v) is 9.98. The minimum atomic E-state index is -0.336. The second kappa shape index (κ2) is 9.17. The van der Waals surface area contributed by atoms with Gasteiger partial charge >= 0.3 is 0 Å². The first kappa shape index (κ1) is 21.6. The van der Waals surface area contributed by atoms with Crippen molar-refractivity contribution >= 4 is 40.7 Å². The van der Waals surface area contributed by atoms with E-state index in [9.17, 15) is 14.4 Å². The molecule has 3 amide bonds. The summed E-state index contributed by atoms with van der Waals surface area (Å²) in [5, 5.41) is 3.41. The number of likely N-dealkylation sites (N-methyl/N-ethyl adjacent to an activating group) is 1. The van der Waals surface area contributed by atoms with Crippen LogP contribution in [0.4, 0.5) is 11.4 Å². The van der Waals surface area contributed by atoms with Crippen LogP contribution in [0.3, 0.4) is 0 Å². The molecule has 0 saturated heterocycles. The Morgan fingerprint density at radius 2 is 2.00 bits per heavy atom. The number of carbonyl (C=O) groups excluding carboxylic acids is 3. The number of carbonyl (C=O) groups is 3. The van der Waals surface area contributed by atoms with Gasteiger partial charge in [0.25, 0.3) is 5.91 Å². The van der Waals surface area contributed by atoms with Gasteiger partial charge in [-0.25, -0.2) is 0 Å². The molecule has 1 aliphatic rings. The number of rotatable bonds is 5.